The zero-order valence-electron chi connectivity index (χ0n) is 15.3. The van der Waals surface area contributed by atoms with Crippen LogP contribution in [0.4, 0.5) is 11.8 Å². The summed E-state index contributed by atoms with van der Waals surface area (Å²) in [6.07, 6.45) is 1.67. The highest BCUT2D eigenvalue weighted by molar-refractivity contribution is 5.54. The van der Waals surface area contributed by atoms with Gasteiger partial charge in [-0.3, -0.25) is 13.9 Å². The molecule has 1 saturated heterocycles. The van der Waals surface area contributed by atoms with Crippen molar-refractivity contribution in [3.05, 3.63) is 32.3 Å². The largest absolute Gasteiger partial charge is 0.356 e. The predicted octanol–water partition coefficient (Wildman–Crippen LogP) is -0.211. The van der Waals surface area contributed by atoms with Crippen molar-refractivity contribution in [1.29, 1.82) is 5.26 Å². The fraction of sp³-hybridized carbons (Fsp3) is 0.562. The molecule has 3 rings (SSSR count). The summed E-state index contributed by atoms with van der Waals surface area (Å²) in [5.41, 5.74) is -1.08. The van der Waals surface area contributed by atoms with Gasteiger partial charge in [0.05, 0.1) is 5.92 Å². The second-order valence-electron chi connectivity index (χ2n) is 6.63. The number of aromatic nitrogens is 4. The van der Waals surface area contributed by atoms with Gasteiger partial charge in [0.15, 0.2) is 5.56 Å². The summed E-state index contributed by atoms with van der Waals surface area (Å²) in [6.45, 7) is 1.13. The standard InChI is InChI=1S/C16H21N7O3/c1-20(2)15-18-12(26-19-15)10-6-5-7-23(9-10)13-11(8-17)14(24)22(4)16(25)21(13)3/h10H,5-7,9H2,1-4H3. The Hall–Kier alpha value is -3.09. The summed E-state index contributed by atoms with van der Waals surface area (Å²) >= 11 is 0. The van der Waals surface area contributed by atoms with Crippen LogP contribution in [0.25, 0.3) is 0 Å². The number of nitriles is 1. The summed E-state index contributed by atoms with van der Waals surface area (Å²) in [7, 11) is 6.60. The molecule has 0 amide bonds. The molecule has 1 fully saturated rings. The highest BCUT2D eigenvalue weighted by Gasteiger charge is 2.30. The number of piperidine rings is 1. The van der Waals surface area contributed by atoms with E-state index < -0.39 is 11.2 Å². The highest BCUT2D eigenvalue weighted by Crippen LogP contribution is 2.30. The molecule has 0 aliphatic carbocycles. The molecule has 138 valence electrons. The maximum Gasteiger partial charge on any atom is 0.332 e. The van der Waals surface area contributed by atoms with E-state index >= 15 is 0 Å². The van der Waals surface area contributed by atoms with Gasteiger partial charge in [0.2, 0.25) is 5.89 Å². The van der Waals surface area contributed by atoms with Crippen LogP contribution in [0.5, 0.6) is 0 Å². The molecule has 1 unspecified atom stereocenters. The lowest BCUT2D eigenvalue weighted by Gasteiger charge is -2.34. The van der Waals surface area contributed by atoms with Crippen LogP contribution in [0, 0.1) is 11.3 Å². The van der Waals surface area contributed by atoms with E-state index in [1.807, 2.05) is 25.1 Å². The molecule has 0 N–H and O–H groups in total. The Kier molecular flexibility index (Phi) is 4.54. The van der Waals surface area contributed by atoms with Crippen LogP contribution in [-0.4, -0.2) is 46.5 Å². The van der Waals surface area contributed by atoms with Crippen LogP contribution in [0.1, 0.15) is 30.2 Å². The number of nitrogens with zero attached hydrogens (tertiary/aromatic N) is 7. The zero-order valence-corrected chi connectivity index (χ0v) is 15.3. The average molecular weight is 359 g/mol. The molecule has 1 aliphatic heterocycles. The Morgan fingerprint density at radius 2 is 2.00 bits per heavy atom. The van der Waals surface area contributed by atoms with Gasteiger partial charge in [-0.2, -0.15) is 10.2 Å². The van der Waals surface area contributed by atoms with E-state index in [4.69, 9.17) is 4.52 Å². The smallest absolute Gasteiger partial charge is 0.332 e. The first-order valence-corrected chi connectivity index (χ1v) is 8.31. The average Bonchev–Trinajstić information content (AvgIpc) is 3.13. The Morgan fingerprint density at radius 3 is 2.62 bits per heavy atom. The van der Waals surface area contributed by atoms with Crippen LogP contribution >= 0.6 is 0 Å². The van der Waals surface area contributed by atoms with Crippen molar-refractivity contribution in [2.24, 2.45) is 14.1 Å². The van der Waals surface area contributed by atoms with Crippen molar-refractivity contribution < 1.29 is 4.52 Å². The third kappa shape index (κ3) is 2.85. The minimum atomic E-state index is -0.583. The van der Waals surface area contributed by atoms with Crippen LogP contribution in [0.3, 0.4) is 0 Å². The van der Waals surface area contributed by atoms with E-state index in [9.17, 15) is 14.9 Å². The topological polar surface area (TPSA) is 113 Å². The van der Waals surface area contributed by atoms with Gasteiger partial charge in [0.1, 0.15) is 11.9 Å². The molecule has 1 aliphatic rings. The molecule has 0 saturated carbocycles. The summed E-state index contributed by atoms with van der Waals surface area (Å²) in [4.78, 5) is 32.7. The maximum atomic E-state index is 12.3. The molecule has 26 heavy (non-hydrogen) atoms. The van der Waals surface area contributed by atoms with E-state index in [1.165, 1.54) is 11.6 Å². The molecule has 2 aromatic heterocycles. The van der Waals surface area contributed by atoms with Crippen molar-refractivity contribution in [2.75, 3.05) is 37.0 Å². The number of hydrogen-bond acceptors (Lipinski definition) is 8. The Balaban J connectivity index is 1.99. The molecule has 10 heteroatoms. The van der Waals surface area contributed by atoms with Gasteiger partial charge in [-0.25, -0.2) is 4.79 Å². The van der Waals surface area contributed by atoms with Gasteiger partial charge in [-0.05, 0) is 18.0 Å². The van der Waals surface area contributed by atoms with Crippen LogP contribution in [-0.2, 0) is 14.1 Å². The lowest BCUT2D eigenvalue weighted by molar-refractivity contribution is 0.332. The molecule has 10 nitrogen and oxygen atoms in total. The molecule has 0 spiro atoms. The molecule has 0 bridgehead atoms. The normalized spacial score (nSPS) is 17.2. The number of hydrogen-bond donors (Lipinski definition) is 0. The molecule has 2 aromatic rings. The second-order valence-corrected chi connectivity index (χ2v) is 6.63. The van der Waals surface area contributed by atoms with Gasteiger partial charge < -0.3 is 14.3 Å². The van der Waals surface area contributed by atoms with Crippen molar-refractivity contribution >= 4 is 11.8 Å². The minimum absolute atomic E-state index is 0.0318. The molecule has 3 heterocycles. The maximum absolute atomic E-state index is 12.3. The lowest BCUT2D eigenvalue weighted by atomic mass is 9.97. The molecular weight excluding hydrogens is 338 g/mol. The van der Waals surface area contributed by atoms with Crippen LogP contribution in [0.15, 0.2) is 14.1 Å². The lowest BCUT2D eigenvalue weighted by Crippen LogP contribution is -2.45. The third-order valence-corrected chi connectivity index (χ3v) is 4.65. The van der Waals surface area contributed by atoms with Gasteiger partial charge >= 0.3 is 5.69 Å². The van der Waals surface area contributed by atoms with E-state index in [1.54, 1.807) is 11.9 Å². The molecule has 0 aromatic carbocycles. The third-order valence-electron chi connectivity index (χ3n) is 4.65. The van der Waals surface area contributed by atoms with Crippen molar-refractivity contribution in [2.45, 2.75) is 18.8 Å². The number of rotatable bonds is 3. The molecule has 0 radical (unpaired) electrons. The second kappa shape index (κ2) is 6.67. The fourth-order valence-corrected chi connectivity index (χ4v) is 3.25. The van der Waals surface area contributed by atoms with Gasteiger partial charge in [0, 0.05) is 41.3 Å². The van der Waals surface area contributed by atoms with E-state index in [-0.39, 0.29) is 11.5 Å². The summed E-state index contributed by atoms with van der Waals surface area (Å²) in [5, 5.41) is 13.4. The summed E-state index contributed by atoms with van der Waals surface area (Å²) < 4.78 is 7.67. The van der Waals surface area contributed by atoms with E-state index in [0.717, 1.165) is 17.4 Å². The van der Waals surface area contributed by atoms with Crippen molar-refractivity contribution in [3.8, 4) is 6.07 Å². The number of anilines is 2. The Bertz CT molecular complexity index is 979. The Morgan fingerprint density at radius 1 is 1.27 bits per heavy atom. The monoisotopic (exact) mass is 359 g/mol. The van der Waals surface area contributed by atoms with Gasteiger partial charge in [0.25, 0.3) is 11.5 Å². The first-order valence-electron chi connectivity index (χ1n) is 8.31. The van der Waals surface area contributed by atoms with E-state index in [2.05, 4.69) is 10.1 Å². The quantitative estimate of drug-likeness (QED) is 0.740. The van der Waals surface area contributed by atoms with Crippen molar-refractivity contribution in [1.82, 2.24) is 19.3 Å². The fourth-order valence-electron chi connectivity index (χ4n) is 3.25. The van der Waals surface area contributed by atoms with E-state index in [0.29, 0.717) is 30.7 Å². The molecular formula is C16H21N7O3. The van der Waals surface area contributed by atoms with Crippen molar-refractivity contribution in [3.63, 3.8) is 0 Å². The Labute approximate surface area is 149 Å². The van der Waals surface area contributed by atoms with Crippen LogP contribution < -0.4 is 21.0 Å². The molecule has 1 atom stereocenters. The van der Waals surface area contributed by atoms with Crippen LogP contribution in [0.2, 0.25) is 0 Å². The first kappa shape index (κ1) is 17.7. The SMILES string of the molecule is CN(C)c1noc(C2CCCN(c3c(C#N)c(=O)n(C)c(=O)n3C)C2)n1. The highest BCUT2D eigenvalue weighted by atomic mass is 16.5. The van der Waals surface area contributed by atoms with Gasteiger partial charge in [-0.15, -0.1) is 0 Å². The first-order chi connectivity index (χ1) is 12.3. The predicted molar refractivity (Wildman–Crippen MR) is 94.5 cm³/mol. The summed E-state index contributed by atoms with van der Waals surface area (Å²) in [6, 6.07) is 1.95. The summed E-state index contributed by atoms with van der Waals surface area (Å²) in [5.74, 6) is 1.33. The van der Waals surface area contributed by atoms with Gasteiger partial charge in [-0.1, -0.05) is 0 Å². The zero-order chi connectivity index (χ0) is 19.0. The minimum Gasteiger partial charge on any atom is -0.356 e.